The standard InChI is InChI=1S/C52H61IN4O6S2/c1-51(2)44(53-57(33-18-19-35-65(61,62)63)42-30-28-38-21-14-16-23-40(38)49(42)51)24-10-7-6-8-11-25-45-52(3,4)48-39-22-15-13-20-37(39)27-29-41(48)55(45)32-17-9-12-26-46(58)54-31-34-56-47(59)36-43(64-5)50(56)60/h6-8,10-11,13-16,20-25,27-30,43H,9,12,17-19,26,31-36H2,1-5H3,(H,54,58)(H,61,62,63)/p-1/b7-6+,11-8+,24-10+,45-25+. The summed E-state index contributed by atoms with van der Waals surface area (Å²) in [6.07, 6.45) is 20.9. The van der Waals surface area contributed by atoms with Crippen LogP contribution in [0.25, 0.3) is 21.5 Å². The Hall–Kier alpha value is -4.57. The third-order valence-electron chi connectivity index (χ3n) is 12.7. The molecule has 0 spiro atoms. The average Bonchev–Trinajstić information content (AvgIpc) is 3.67. The van der Waals surface area contributed by atoms with Crippen LogP contribution >= 0.6 is 32.8 Å². The van der Waals surface area contributed by atoms with Gasteiger partial charge in [0.15, 0.2) is 0 Å². The van der Waals surface area contributed by atoms with Gasteiger partial charge in [-0.1, -0.05) is 131 Å². The molecule has 10 nitrogen and oxygen atoms in total. The van der Waals surface area contributed by atoms with Gasteiger partial charge >= 0.3 is 0 Å². The monoisotopic (exact) mass is 1030 g/mol. The molecule has 1 atom stereocenters. The Morgan fingerprint density at radius 1 is 0.769 bits per heavy atom. The van der Waals surface area contributed by atoms with Crippen LogP contribution in [0.4, 0.5) is 11.4 Å². The summed E-state index contributed by atoms with van der Waals surface area (Å²) in [6, 6.07) is 25.9. The van der Waals surface area contributed by atoms with Crippen LogP contribution in [-0.2, 0) is 35.3 Å². The van der Waals surface area contributed by atoms with Crippen molar-refractivity contribution in [1.29, 1.82) is 0 Å². The maximum absolute atomic E-state index is 12.7. The molecule has 3 aliphatic heterocycles. The van der Waals surface area contributed by atoms with E-state index in [2.05, 4.69) is 156 Å². The number of carbonyl (C=O) groups is 3. The van der Waals surface area contributed by atoms with Crippen LogP contribution in [0.5, 0.6) is 0 Å². The zero-order chi connectivity index (χ0) is 46.4. The van der Waals surface area contributed by atoms with Gasteiger partial charge in [-0.3, -0.25) is 19.3 Å². The average molecular weight is 1030 g/mol. The smallest absolute Gasteiger partial charge is 0.242 e. The molecule has 3 aliphatic rings. The van der Waals surface area contributed by atoms with Gasteiger partial charge in [-0.2, -0.15) is 11.8 Å². The second-order valence-corrected chi connectivity index (χ2v) is 23.3. The van der Waals surface area contributed by atoms with E-state index in [1.165, 1.54) is 69.9 Å². The maximum atomic E-state index is 12.7. The van der Waals surface area contributed by atoms with Gasteiger partial charge in [-0.25, -0.2) is 8.42 Å². The first kappa shape index (κ1) is 48.4. The van der Waals surface area contributed by atoms with E-state index in [1.807, 2.05) is 6.26 Å². The van der Waals surface area contributed by atoms with Crippen molar-refractivity contribution < 1.29 is 27.4 Å². The number of benzene rings is 4. The van der Waals surface area contributed by atoms with E-state index in [0.29, 0.717) is 25.8 Å². The third-order valence-corrected chi connectivity index (χ3v) is 18.2. The topological polar surface area (TPSA) is 130 Å². The first-order chi connectivity index (χ1) is 31.1. The van der Waals surface area contributed by atoms with Gasteiger partial charge in [0.1, 0.15) is 0 Å². The van der Waals surface area contributed by atoms with Crippen LogP contribution in [-0.4, -0.2) is 82.5 Å². The number of rotatable bonds is 19. The third kappa shape index (κ3) is 11.0. The molecule has 4 aromatic rings. The molecule has 0 radical (unpaired) electrons. The van der Waals surface area contributed by atoms with Gasteiger partial charge < -0.3 is 17.9 Å². The normalized spacial score (nSPS) is 19.0. The van der Waals surface area contributed by atoms with Gasteiger partial charge in [0.25, 0.3) is 0 Å². The Bertz CT molecular complexity index is 2720. The molecule has 0 bridgehead atoms. The van der Waals surface area contributed by atoms with Gasteiger partial charge in [0, 0.05) is 91.5 Å². The summed E-state index contributed by atoms with van der Waals surface area (Å²) < 4.78 is 37.7. The lowest BCUT2D eigenvalue weighted by Crippen LogP contribution is -2.38. The molecule has 4 aromatic carbocycles. The van der Waals surface area contributed by atoms with Crippen LogP contribution in [0.15, 0.2) is 121 Å². The summed E-state index contributed by atoms with van der Waals surface area (Å²) in [4.78, 5) is 41.0. The molecule has 1 unspecified atom stereocenters. The number of unbranched alkanes of at least 4 members (excludes halogenated alkanes) is 3. The zero-order valence-electron chi connectivity index (χ0n) is 38.0. The van der Waals surface area contributed by atoms with Crippen molar-refractivity contribution in [3.8, 4) is 0 Å². The predicted octanol–water partition coefficient (Wildman–Crippen LogP) is 9.99. The van der Waals surface area contributed by atoms with Gasteiger partial charge in [0.05, 0.1) is 21.1 Å². The number of fused-ring (bicyclic) bond motifs is 6. The van der Waals surface area contributed by atoms with Gasteiger partial charge in [-0.05, 0) is 82.8 Å². The molecule has 7 rings (SSSR count). The van der Waals surface area contributed by atoms with Crippen LogP contribution in [0.2, 0.25) is 0 Å². The van der Waals surface area contributed by atoms with Crippen LogP contribution in [0, 0.1) is 0 Å². The van der Waals surface area contributed by atoms with Crippen molar-refractivity contribution in [2.45, 2.75) is 88.7 Å². The lowest BCUT2D eigenvalue weighted by molar-refractivity contribution is -0.138. The minimum Gasteiger partial charge on any atom is -0.748 e. The molecule has 0 aromatic heterocycles. The summed E-state index contributed by atoms with van der Waals surface area (Å²) in [5.41, 5.74) is 5.78. The highest BCUT2D eigenvalue weighted by atomic mass is 127. The number of imide groups is 1. The summed E-state index contributed by atoms with van der Waals surface area (Å²) in [5.74, 6) is -0.729. The van der Waals surface area contributed by atoms with Crippen LogP contribution in [0.3, 0.4) is 0 Å². The molecule has 13 heteroatoms. The molecule has 1 saturated heterocycles. The van der Waals surface area contributed by atoms with Crippen molar-refractivity contribution >= 4 is 97.0 Å². The first-order valence-corrected chi connectivity index (χ1v) is 27.4. The van der Waals surface area contributed by atoms with E-state index in [1.54, 1.807) is 0 Å². The number of allylic oxidation sites excluding steroid dienone is 8. The largest absolute Gasteiger partial charge is 0.748 e. The number of thioether (sulfide) groups is 1. The molecule has 344 valence electrons. The van der Waals surface area contributed by atoms with E-state index in [4.69, 9.17) is 0 Å². The van der Waals surface area contributed by atoms with Crippen molar-refractivity contribution in [3.05, 3.63) is 132 Å². The minimum atomic E-state index is -4.24. The molecule has 3 heterocycles. The van der Waals surface area contributed by atoms with E-state index in [0.717, 1.165) is 25.8 Å². The maximum Gasteiger partial charge on any atom is 0.242 e. The number of halogens is 1. The Labute approximate surface area is 399 Å². The highest BCUT2D eigenvalue weighted by Crippen LogP contribution is 2.51. The molecule has 0 saturated carbocycles. The fourth-order valence-electron chi connectivity index (χ4n) is 9.38. The molecule has 65 heavy (non-hydrogen) atoms. The molecular formula is C52H60IN4O6S2-. The Kier molecular flexibility index (Phi) is 15.6. The second kappa shape index (κ2) is 20.9. The molecular weight excluding hydrogens is 968 g/mol. The highest BCUT2D eigenvalue weighted by Gasteiger charge is 2.41. The van der Waals surface area contributed by atoms with E-state index < -0.39 is 31.1 Å². The predicted molar refractivity (Wildman–Crippen MR) is 277 cm³/mol. The minimum absolute atomic E-state index is 0.0634. The molecule has 1 fully saturated rings. The zero-order valence-corrected chi connectivity index (χ0v) is 41.8. The van der Waals surface area contributed by atoms with E-state index in [9.17, 15) is 27.4 Å². The molecule has 3 amide bonds. The summed E-state index contributed by atoms with van der Waals surface area (Å²) in [7, 11) is -4.24. The first-order valence-electron chi connectivity index (χ1n) is 22.5. The van der Waals surface area contributed by atoms with E-state index in [-0.39, 0.29) is 59.1 Å². The number of carbonyl (C=O) groups excluding carboxylic acids is 3. The number of likely N-dealkylation sites (tertiary alicyclic amines) is 1. The number of hydrogen-bond donors (Lipinski definition) is 1. The summed E-state index contributed by atoms with van der Waals surface area (Å²) >= 11 is 0.808. The Balaban J connectivity index is 1.01. The number of amides is 3. The van der Waals surface area contributed by atoms with Gasteiger partial charge in [-0.15, -0.1) is 0 Å². The molecule has 1 N–H and O–H groups in total. The SMILES string of the molecule is CSC1CC(=O)N(CCNC(=O)CCCCCN2/C(=C/C=C/C=C/C=C/C3=IN(CCCCS(=O)(=O)[O-])c4ccc5ccccc5c4C3(C)C)C(C)(C)c3c2ccc2ccccc32)C1=O. The van der Waals surface area contributed by atoms with Crippen molar-refractivity contribution in [3.63, 3.8) is 0 Å². The fraction of sp³-hybridized carbons (Fsp3) is 0.385. The Morgan fingerprint density at radius 2 is 1.40 bits per heavy atom. The highest BCUT2D eigenvalue weighted by molar-refractivity contribution is 14.2. The number of nitrogens with one attached hydrogen (secondary N) is 1. The summed E-state index contributed by atoms with van der Waals surface area (Å²) in [6.45, 7) is 11.2. The lowest BCUT2D eigenvalue weighted by atomic mass is 9.77. The van der Waals surface area contributed by atoms with Crippen LogP contribution in [0.1, 0.15) is 83.8 Å². The fourth-order valence-corrected chi connectivity index (χ4v) is 13.7. The van der Waals surface area contributed by atoms with Crippen molar-refractivity contribution in [2.24, 2.45) is 0 Å². The van der Waals surface area contributed by atoms with Crippen molar-refractivity contribution in [2.75, 3.05) is 46.2 Å². The number of nitrogens with zero attached hydrogens (tertiary/aromatic N) is 3. The Morgan fingerprint density at radius 3 is 2.08 bits per heavy atom. The number of anilines is 2. The lowest BCUT2D eigenvalue weighted by Gasteiger charge is -2.39. The second-order valence-electron chi connectivity index (χ2n) is 17.9. The molecule has 0 aliphatic carbocycles. The van der Waals surface area contributed by atoms with Crippen molar-refractivity contribution in [1.82, 2.24) is 10.2 Å². The summed E-state index contributed by atoms with van der Waals surface area (Å²) in [5, 5.41) is 7.46. The number of hydrogen-bond acceptors (Lipinski definition) is 9. The van der Waals surface area contributed by atoms with Gasteiger partial charge in [0.2, 0.25) is 17.7 Å². The quantitative estimate of drug-likeness (QED) is 0.0244. The van der Waals surface area contributed by atoms with Crippen LogP contribution < -0.4 is 13.3 Å². The van der Waals surface area contributed by atoms with E-state index >= 15 is 0 Å².